The summed E-state index contributed by atoms with van der Waals surface area (Å²) in [5, 5.41) is 4.12. The molecule has 1 aromatic heterocycles. The van der Waals surface area contributed by atoms with E-state index in [1.807, 2.05) is 17.9 Å². The average Bonchev–Trinajstić information content (AvgIpc) is 2.29. The molecule has 2 rings (SSSR count). The molecule has 2 N–H and O–H groups in total. The Bertz CT molecular complexity index is 248. The Morgan fingerprint density at radius 2 is 2.36 bits per heavy atom. The Balaban J connectivity index is 2.07. The van der Waals surface area contributed by atoms with Gasteiger partial charge in [0, 0.05) is 19.3 Å². The minimum Gasteiger partial charge on any atom is -0.328 e. The molecule has 0 radical (unpaired) electrons. The molecule has 1 saturated carbocycles. The molecule has 0 spiro atoms. The van der Waals surface area contributed by atoms with E-state index in [9.17, 15) is 0 Å². The third kappa shape index (κ3) is 1.16. The second-order valence-electron chi connectivity index (χ2n) is 3.38. The van der Waals surface area contributed by atoms with E-state index in [4.69, 9.17) is 5.73 Å². The van der Waals surface area contributed by atoms with Gasteiger partial charge in [-0.15, -0.1) is 0 Å². The maximum absolute atomic E-state index is 5.69. The molecular weight excluding hydrogens is 138 g/mol. The lowest BCUT2D eigenvalue weighted by molar-refractivity contribution is 0.351. The molecule has 0 aromatic carbocycles. The minimum atomic E-state index is 0.431. The fourth-order valence-corrected chi connectivity index (χ4v) is 1.58. The van der Waals surface area contributed by atoms with Crippen LogP contribution in [0.15, 0.2) is 12.4 Å². The highest BCUT2D eigenvalue weighted by atomic mass is 15.2. The summed E-state index contributed by atoms with van der Waals surface area (Å²) in [4.78, 5) is 0. The molecule has 0 aliphatic heterocycles. The molecule has 1 aliphatic rings. The minimum absolute atomic E-state index is 0.431. The Labute approximate surface area is 66.2 Å². The van der Waals surface area contributed by atoms with Crippen LogP contribution in [0.2, 0.25) is 0 Å². The summed E-state index contributed by atoms with van der Waals surface area (Å²) in [5.74, 6) is 0.679. The second-order valence-corrected chi connectivity index (χ2v) is 3.38. The van der Waals surface area contributed by atoms with Gasteiger partial charge in [-0.2, -0.15) is 5.10 Å². The predicted molar refractivity (Wildman–Crippen MR) is 43.2 cm³/mol. The first kappa shape index (κ1) is 6.85. The quantitative estimate of drug-likeness (QED) is 0.639. The first-order valence-corrected chi connectivity index (χ1v) is 4.00. The van der Waals surface area contributed by atoms with Crippen molar-refractivity contribution in [1.29, 1.82) is 0 Å². The lowest BCUT2D eigenvalue weighted by Gasteiger charge is -2.31. The van der Waals surface area contributed by atoms with Gasteiger partial charge < -0.3 is 5.73 Å². The number of aryl methyl sites for hydroxylation is 1. The fraction of sp³-hybridized carbons (Fsp3) is 0.625. The lowest BCUT2D eigenvalue weighted by Crippen LogP contribution is -2.34. The van der Waals surface area contributed by atoms with Crippen LogP contribution < -0.4 is 5.73 Å². The van der Waals surface area contributed by atoms with Crippen LogP contribution in [0.1, 0.15) is 24.3 Å². The van der Waals surface area contributed by atoms with E-state index in [2.05, 4.69) is 11.3 Å². The van der Waals surface area contributed by atoms with Crippen LogP contribution >= 0.6 is 0 Å². The zero-order valence-electron chi connectivity index (χ0n) is 6.70. The summed E-state index contributed by atoms with van der Waals surface area (Å²) in [5.41, 5.74) is 7.03. The number of nitrogens with zero attached hydrogens (tertiary/aromatic N) is 2. The third-order valence-electron chi connectivity index (χ3n) is 2.37. The number of hydrogen-bond acceptors (Lipinski definition) is 2. The van der Waals surface area contributed by atoms with Crippen molar-refractivity contribution in [2.45, 2.75) is 24.8 Å². The number of nitrogens with two attached hydrogens (primary N) is 1. The fourth-order valence-electron chi connectivity index (χ4n) is 1.58. The van der Waals surface area contributed by atoms with Crippen molar-refractivity contribution in [2.75, 3.05) is 0 Å². The zero-order chi connectivity index (χ0) is 7.84. The van der Waals surface area contributed by atoms with Gasteiger partial charge in [0.25, 0.3) is 0 Å². The van der Waals surface area contributed by atoms with Gasteiger partial charge in [0.1, 0.15) is 0 Å². The van der Waals surface area contributed by atoms with Crippen molar-refractivity contribution in [2.24, 2.45) is 12.8 Å². The maximum atomic E-state index is 5.69. The Kier molecular flexibility index (Phi) is 1.46. The second kappa shape index (κ2) is 2.34. The van der Waals surface area contributed by atoms with E-state index in [0.717, 1.165) is 12.8 Å². The average molecular weight is 151 g/mol. The molecule has 0 atom stereocenters. The van der Waals surface area contributed by atoms with E-state index in [1.54, 1.807) is 0 Å². The summed E-state index contributed by atoms with van der Waals surface area (Å²) in [7, 11) is 1.95. The number of aromatic nitrogens is 2. The van der Waals surface area contributed by atoms with Crippen molar-refractivity contribution >= 4 is 0 Å². The van der Waals surface area contributed by atoms with Crippen molar-refractivity contribution in [1.82, 2.24) is 9.78 Å². The normalized spacial score (nSPS) is 30.0. The molecule has 3 nitrogen and oxygen atoms in total. The van der Waals surface area contributed by atoms with E-state index in [1.165, 1.54) is 5.56 Å². The Hall–Kier alpha value is -0.830. The standard InChI is InChI=1S/C8H13N3/c1-11-5-7(4-10-11)6-2-8(9)3-6/h4-6,8H,2-3,9H2,1H3. The van der Waals surface area contributed by atoms with Gasteiger partial charge >= 0.3 is 0 Å². The molecule has 60 valence electrons. The summed E-state index contributed by atoms with van der Waals surface area (Å²) in [6, 6.07) is 0.431. The summed E-state index contributed by atoms with van der Waals surface area (Å²) >= 11 is 0. The predicted octanol–water partition coefficient (Wildman–Crippen LogP) is 0.625. The van der Waals surface area contributed by atoms with Crippen molar-refractivity contribution in [3.8, 4) is 0 Å². The number of hydrogen-bond donors (Lipinski definition) is 1. The Morgan fingerprint density at radius 3 is 2.82 bits per heavy atom. The van der Waals surface area contributed by atoms with Crippen molar-refractivity contribution in [3.63, 3.8) is 0 Å². The smallest absolute Gasteiger partial charge is 0.0524 e. The van der Waals surface area contributed by atoms with Crippen molar-refractivity contribution in [3.05, 3.63) is 18.0 Å². The van der Waals surface area contributed by atoms with Crippen LogP contribution in [0.25, 0.3) is 0 Å². The summed E-state index contributed by atoms with van der Waals surface area (Å²) in [6.07, 6.45) is 6.28. The lowest BCUT2D eigenvalue weighted by atomic mass is 9.77. The molecular formula is C8H13N3. The van der Waals surface area contributed by atoms with Gasteiger partial charge in [0.2, 0.25) is 0 Å². The summed E-state index contributed by atoms with van der Waals surface area (Å²) < 4.78 is 1.85. The summed E-state index contributed by atoms with van der Waals surface area (Å²) in [6.45, 7) is 0. The van der Waals surface area contributed by atoms with E-state index in [0.29, 0.717) is 12.0 Å². The van der Waals surface area contributed by atoms with Crippen LogP contribution in [0.3, 0.4) is 0 Å². The highest BCUT2D eigenvalue weighted by Crippen LogP contribution is 2.34. The molecule has 0 unspecified atom stereocenters. The molecule has 1 aromatic rings. The molecule has 0 bridgehead atoms. The van der Waals surface area contributed by atoms with Crippen molar-refractivity contribution < 1.29 is 0 Å². The number of rotatable bonds is 1. The molecule has 11 heavy (non-hydrogen) atoms. The third-order valence-corrected chi connectivity index (χ3v) is 2.37. The maximum Gasteiger partial charge on any atom is 0.0524 e. The largest absolute Gasteiger partial charge is 0.328 e. The zero-order valence-corrected chi connectivity index (χ0v) is 6.70. The molecule has 0 saturated heterocycles. The van der Waals surface area contributed by atoms with Gasteiger partial charge in [-0.1, -0.05) is 0 Å². The molecule has 1 heterocycles. The van der Waals surface area contributed by atoms with Gasteiger partial charge in [0.05, 0.1) is 6.20 Å². The molecule has 0 amide bonds. The van der Waals surface area contributed by atoms with E-state index < -0.39 is 0 Å². The molecule has 3 heteroatoms. The van der Waals surface area contributed by atoms with Crippen LogP contribution in [-0.4, -0.2) is 15.8 Å². The van der Waals surface area contributed by atoms with Gasteiger partial charge in [0.15, 0.2) is 0 Å². The highest BCUT2D eigenvalue weighted by molar-refractivity contribution is 5.15. The molecule has 1 aliphatic carbocycles. The topological polar surface area (TPSA) is 43.8 Å². The van der Waals surface area contributed by atoms with Crippen LogP contribution in [0.4, 0.5) is 0 Å². The van der Waals surface area contributed by atoms with Gasteiger partial charge in [-0.05, 0) is 24.3 Å². The van der Waals surface area contributed by atoms with Crippen LogP contribution in [0.5, 0.6) is 0 Å². The monoisotopic (exact) mass is 151 g/mol. The van der Waals surface area contributed by atoms with Crippen LogP contribution in [0, 0.1) is 0 Å². The highest BCUT2D eigenvalue weighted by Gasteiger charge is 2.27. The first-order chi connectivity index (χ1) is 5.25. The van der Waals surface area contributed by atoms with Gasteiger partial charge in [-0.3, -0.25) is 4.68 Å². The first-order valence-electron chi connectivity index (χ1n) is 4.00. The van der Waals surface area contributed by atoms with E-state index >= 15 is 0 Å². The SMILES string of the molecule is Cn1cc(C2CC(N)C2)cn1. The molecule has 1 fully saturated rings. The van der Waals surface area contributed by atoms with Crippen LogP contribution in [-0.2, 0) is 7.05 Å². The van der Waals surface area contributed by atoms with E-state index in [-0.39, 0.29) is 0 Å². The van der Waals surface area contributed by atoms with Gasteiger partial charge in [-0.25, -0.2) is 0 Å². The Morgan fingerprint density at radius 1 is 1.64 bits per heavy atom.